The zero-order valence-corrected chi connectivity index (χ0v) is 12.7. The third-order valence-electron chi connectivity index (χ3n) is 3.20. The number of ether oxygens (including phenoxy) is 1. The topological polar surface area (TPSA) is 46.5 Å². The molecule has 0 aliphatic heterocycles. The number of carbonyl (C=O) groups is 1. The van der Waals surface area contributed by atoms with Gasteiger partial charge in [-0.25, -0.2) is 4.39 Å². The van der Waals surface area contributed by atoms with E-state index in [9.17, 15) is 14.3 Å². The van der Waals surface area contributed by atoms with E-state index in [4.69, 9.17) is 4.74 Å². The number of hydrogen-bond donors (Lipinski definition) is 1. The summed E-state index contributed by atoms with van der Waals surface area (Å²) in [5.74, 6) is -1.62. The average Bonchev–Trinajstić information content (AvgIpc) is 2.28. The number of rotatable bonds is 4. The van der Waals surface area contributed by atoms with E-state index < -0.39 is 23.1 Å². The normalized spacial score (nSPS) is 16.4. The SMILES string of the molecule is CC(C(=O)OC(C)(C)C)C(C)(O)Cc1ccccc1F. The van der Waals surface area contributed by atoms with Gasteiger partial charge in [-0.1, -0.05) is 18.2 Å². The second kappa shape index (κ2) is 5.92. The molecule has 1 N–H and O–H groups in total. The van der Waals surface area contributed by atoms with Crippen molar-refractivity contribution < 1.29 is 19.0 Å². The highest BCUT2D eigenvalue weighted by atomic mass is 19.1. The van der Waals surface area contributed by atoms with Crippen molar-refractivity contribution in [1.82, 2.24) is 0 Å². The first-order valence-corrected chi connectivity index (χ1v) is 6.71. The Morgan fingerprint density at radius 1 is 1.30 bits per heavy atom. The van der Waals surface area contributed by atoms with Crippen molar-refractivity contribution in [2.24, 2.45) is 5.92 Å². The zero-order chi connectivity index (χ0) is 15.6. The zero-order valence-electron chi connectivity index (χ0n) is 12.7. The van der Waals surface area contributed by atoms with Gasteiger partial charge in [0.05, 0.1) is 11.5 Å². The van der Waals surface area contributed by atoms with Crippen molar-refractivity contribution in [2.45, 2.75) is 52.2 Å². The molecule has 0 bridgehead atoms. The van der Waals surface area contributed by atoms with Gasteiger partial charge >= 0.3 is 5.97 Å². The molecule has 112 valence electrons. The second-order valence-corrected chi connectivity index (χ2v) is 6.38. The van der Waals surface area contributed by atoms with Crippen LogP contribution < -0.4 is 0 Å². The molecule has 1 aromatic rings. The molecule has 0 saturated heterocycles. The fourth-order valence-corrected chi connectivity index (χ4v) is 1.82. The standard InChI is InChI=1S/C16H23FO3/c1-11(14(18)20-15(2,3)4)16(5,19)10-12-8-6-7-9-13(12)17/h6-9,11,19H,10H2,1-5H3. The molecule has 0 saturated carbocycles. The summed E-state index contributed by atoms with van der Waals surface area (Å²) in [4.78, 5) is 12.0. The highest BCUT2D eigenvalue weighted by Gasteiger charge is 2.37. The van der Waals surface area contributed by atoms with Gasteiger partial charge in [-0.2, -0.15) is 0 Å². The van der Waals surface area contributed by atoms with Crippen LogP contribution in [0.5, 0.6) is 0 Å². The molecule has 0 spiro atoms. The van der Waals surface area contributed by atoms with Gasteiger partial charge in [0, 0.05) is 6.42 Å². The summed E-state index contributed by atoms with van der Waals surface area (Å²) in [7, 11) is 0. The van der Waals surface area contributed by atoms with E-state index in [1.54, 1.807) is 45.9 Å². The van der Waals surface area contributed by atoms with Crippen molar-refractivity contribution in [3.63, 3.8) is 0 Å². The van der Waals surface area contributed by atoms with E-state index >= 15 is 0 Å². The van der Waals surface area contributed by atoms with Gasteiger partial charge in [0.25, 0.3) is 0 Å². The Balaban J connectivity index is 2.83. The molecule has 1 rings (SSSR count). The lowest BCUT2D eigenvalue weighted by Crippen LogP contribution is -2.42. The first kappa shape index (κ1) is 16.6. The summed E-state index contributed by atoms with van der Waals surface area (Å²) in [6.45, 7) is 8.42. The molecule has 0 aliphatic carbocycles. The van der Waals surface area contributed by atoms with Gasteiger partial charge in [0.1, 0.15) is 11.4 Å². The number of aliphatic hydroxyl groups is 1. The highest BCUT2D eigenvalue weighted by Crippen LogP contribution is 2.26. The fourth-order valence-electron chi connectivity index (χ4n) is 1.82. The Morgan fingerprint density at radius 2 is 1.85 bits per heavy atom. The van der Waals surface area contributed by atoms with Crippen LogP contribution in [-0.2, 0) is 16.0 Å². The molecule has 20 heavy (non-hydrogen) atoms. The van der Waals surface area contributed by atoms with Crippen molar-refractivity contribution in [2.75, 3.05) is 0 Å². The van der Waals surface area contributed by atoms with Gasteiger partial charge in [0.2, 0.25) is 0 Å². The summed E-state index contributed by atoms with van der Waals surface area (Å²) in [5, 5.41) is 10.5. The number of halogens is 1. The molecule has 2 atom stereocenters. The summed E-state index contributed by atoms with van der Waals surface area (Å²) < 4.78 is 18.9. The molecular formula is C16H23FO3. The Hall–Kier alpha value is -1.42. The van der Waals surface area contributed by atoms with E-state index in [2.05, 4.69) is 0 Å². The molecular weight excluding hydrogens is 259 g/mol. The van der Waals surface area contributed by atoms with E-state index in [-0.39, 0.29) is 12.2 Å². The molecule has 0 heterocycles. The third-order valence-corrected chi connectivity index (χ3v) is 3.20. The summed E-state index contributed by atoms with van der Waals surface area (Å²) in [6, 6.07) is 6.23. The minimum Gasteiger partial charge on any atom is -0.460 e. The quantitative estimate of drug-likeness (QED) is 0.863. The molecule has 4 heteroatoms. The number of benzene rings is 1. The van der Waals surface area contributed by atoms with Gasteiger partial charge < -0.3 is 9.84 Å². The van der Waals surface area contributed by atoms with Crippen molar-refractivity contribution in [3.8, 4) is 0 Å². The molecule has 0 fully saturated rings. The van der Waals surface area contributed by atoms with Crippen LogP contribution >= 0.6 is 0 Å². The Bertz CT molecular complexity index is 475. The van der Waals surface area contributed by atoms with Gasteiger partial charge in [0.15, 0.2) is 0 Å². The van der Waals surface area contributed by atoms with E-state index in [0.29, 0.717) is 5.56 Å². The predicted octanol–water partition coefficient (Wildman–Crippen LogP) is 3.10. The monoisotopic (exact) mass is 282 g/mol. The molecule has 2 unspecified atom stereocenters. The fraction of sp³-hybridized carbons (Fsp3) is 0.562. The Labute approximate surface area is 119 Å². The van der Waals surface area contributed by atoms with E-state index in [1.165, 1.54) is 13.0 Å². The first-order valence-electron chi connectivity index (χ1n) is 6.71. The molecule has 3 nitrogen and oxygen atoms in total. The van der Waals surface area contributed by atoms with Crippen molar-refractivity contribution in [1.29, 1.82) is 0 Å². The summed E-state index contributed by atoms with van der Waals surface area (Å²) in [6.07, 6.45) is 0.0556. The van der Waals surface area contributed by atoms with Gasteiger partial charge in [-0.15, -0.1) is 0 Å². The van der Waals surface area contributed by atoms with Crippen LogP contribution in [0.25, 0.3) is 0 Å². The van der Waals surface area contributed by atoms with Gasteiger partial charge in [-0.3, -0.25) is 4.79 Å². The maximum Gasteiger partial charge on any atom is 0.312 e. The highest BCUT2D eigenvalue weighted by molar-refractivity contribution is 5.73. The van der Waals surface area contributed by atoms with Crippen LogP contribution in [0, 0.1) is 11.7 Å². The molecule has 1 aromatic carbocycles. The molecule has 0 aromatic heterocycles. The van der Waals surface area contributed by atoms with Crippen molar-refractivity contribution in [3.05, 3.63) is 35.6 Å². The van der Waals surface area contributed by atoms with E-state index in [1.807, 2.05) is 0 Å². The summed E-state index contributed by atoms with van der Waals surface area (Å²) in [5.41, 5.74) is -1.60. The number of hydrogen-bond acceptors (Lipinski definition) is 3. The second-order valence-electron chi connectivity index (χ2n) is 6.38. The maximum atomic E-state index is 13.6. The smallest absolute Gasteiger partial charge is 0.312 e. The third kappa shape index (κ3) is 4.60. The maximum absolute atomic E-state index is 13.6. The Morgan fingerprint density at radius 3 is 2.35 bits per heavy atom. The number of esters is 1. The van der Waals surface area contributed by atoms with E-state index in [0.717, 1.165) is 0 Å². The van der Waals surface area contributed by atoms with Crippen LogP contribution in [-0.4, -0.2) is 22.3 Å². The van der Waals surface area contributed by atoms with Crippen molar-refractivity contribution >= 4 is 5.97 Å². The summed E-state index contributed by atoms with van der Waals surface area (Å²) >= 11 is 0. The van der Waals surface area contributed by atoms with Crippen LogP contribution in [0.15, 0.2) is 24.3 Å². The van der Waals surface area contributed by atoms with Gasteiger partial charge in [-0.05, 0) is 46.2 Å². The average molecular weight is 282 g/mol. The first-order chi connectivity index (χ1) is 9.03. The minimum absolute atomic E-state index is 0.0556. The van der Waals surface area contributed by atoms with Crippen LogP contribution in [0.2, 0.25) is 0 Å². The largest absolute Gasteiger partial charge is 0.460 e. The van der Waals surface area contributed by atoms with Crippen LogP contribution in [0.3, 0.4) is 0 Å². The van der Waals surface area contributed by atoms with Crippen LogP contribution in [0.1, 0.15) is 40.2 Å². The Kier molecular flexibility index (Phi) is 4.92. The lowest BCUT2D eigenvalue weighted by molar-refractivity contribution is -0.167. The molecule has 0 radical (unpaired) electrons. The number of carbonyl (C=O) groups excluding carboxylic acids is 1. The lowest BCUT2D eigenvalue weighted by Gasteiger charge is -2.31. The predicted molar refractivity (Wildman–Crippen MR) is 75.7 cm³/mol. The lowest BCUT2D eigenvalue weighted by atomic mass is 9.84. The molecule has 0 amide bonds. The minimum atomic E-state index is -1.37. The molecule has 0 aliphatic rings. The van der Waals surface area contributed by atoms with Crippen LogP contribution in [0.4, 0.5) is 4.39 Å².